The number of H-pyrrole nitrogens is 1. The van der Waals surface area contributed by atoms with Crippen molar-refractivity contribution in [3.63, 3.8) is 0 Å². The molecule has 0 aliphatic heterocycles. The molecule has 0 saturated heterocycles. The van der Waals surface area contributed by atoms with E-state index in [0.29, 0.717) is 12.2 Å². The number of carbonyl (C=O) groups is 1. The fourth-order valence-corrected chi connectivity index (χ4v) is 2.98. The van der Waals surface area contributed by atoms with Crippen LogP contribution in [0.15, 0.2) is 59.5 Å². The molecule has 0 bridgehead atoms. The highest BCUT2D eigenvalue weighted by Crippen LogP contribution is 2.18. The van der Waals surface area contributed by atoms with Crippen LogP contribution in [0.1, 0.15) is 39.5 Å². The van der Waals surface area contributed by atoms with Crippen LogP contribution in [0.5, 0.6) is 0 Å². The van der Waals surface area contributed by atoms with Gasteiger partial charge in [0.2, 0.25) is 0 Å². The van der Waals surface area contributed by atoms with Crippen LogP contribution in [0.2, 0.25) is 0 Å². The topological polar surface area (TPSA) is 95.1 Å². The van der Waals surface area contributed by atoms with Crippen LogP contribution in [0.4, 0.5) is 0 Å². The number of nitrogens with one attached hydrogen (secondary N) is 2. The van der Waals surface area contributed by atoms with Crippen LogP contribution >= 0.6 is 0 Å². The van der Waals surface area contributed by atoms with Crippen molar-refractivity contribution in [2.24, 2.45) is 0 Å². The maximum absolute atomic E-state index is 12.6. The molecular formula is C22H23N3O3. The summed E-state index contributed by atoms with van der Waals surface area (Å²) in [4.78, 5) is 32.0. The Hall–Kier alpha value is -3.25. The molecule has 1 atom stereocenters. The largest absolute Gasteiger partial charge is 0.396 e. The number of aromatic amines is 1. The second kappa shape index (κ2) is 8.63. The third kappa shape index (κ3) is 4.53. The van der Waals surface area contributed by atoms with E-state index in [4.69, 9.17) is 0 Å². The Kier molecular flexibility index (Phi) is 6.01. The monoisotopic (exact) mass is 377 g/mol. The summed E-state index contributed by atoms with van der Waals surface area (Å²) in [5.74, 6) is -0.112. The van der Waals surface area contributed by atoms with Crippen LogP contribution < -0.4 is 10.9 Å². The van der Waals surface area contributed by atoms with Gasteiger partial charge in [0, 0.05) is 18.4 Å². The van der Waals surface area contributed by atoms with Crippen LogP contribution in [0.25, 0.3) is 11.4 Å². The van der Waals surface area contributed by atoms with E-state index in [9.17, 15) is 14.7 Å². The van der Waals surface area contributed by atoms with Crippen molar-refractivity contribution in [2.75, 3.05) is 6.61 Å². The van der Waals surface area contributed by atoms with E-state index in [1.807, 2.05) is 62.4 Å². The molecule has 0 spiro atoms. The van der Waals surface area contributed by atoms with Crippen molar-refractivity contribution < 1.29 is 9.90 Å². The van der Waals surface area contributed by atoms with Gasteiger partial charge in [0.25, 0.3) is 11.5 Å². The second-order valence-corrected chi connectivity index (χ2v) is 6.79. The van der Waals surface area contributed by atoms with Gasteiger partial charge in [-0.25, -0.2) is 4.98 Å². The minimum absolute atomic E-state index is 0.0635. The number of benzene rings is 2. The molecule has 1 aromatic heterocycles. The number of aromatic nitrogens is 2. The third-order valence-electron chi connectivity index (χ3n) is 4.54. The lowest BCUT2D eigenvalue weighted by molar-refractivity contribution is 0.0928. The fraction of sp³-hybridized carbons (Fsp3) is 0.227. The van der Waals surface area contributed by atoms with Gasteiger partial charge in [-0.05, 0) is 31.9 Å². The van der Waals surface area contributed by atoms with Gasteiger partial charge in [-0.3, -0.25) is 9.59 Å². The van der Waals surface area contributed by atoms with Gasteiger partial charge in [-0.2, -0.15) is 0 Å². The molecule has 0 saturated carbocycles. The van der Waals surface area contributed by atoms with E-state index in [1.54, 1.807) is 0 Å². The van der Waals surface area contributed by atoms with E-state index in [-0.39, 0.29) is 12.2 Å². The Balaban J connectivity index is 1.83. The highest BCUT2D eigenvalue weighted by molar-refractivity contribution is 5.93. The van der Waals surface area contributed by atoms with Crippen molar-refractivity contribution in [3.05, 3.63) is 87.3 Å². The van der Waals surface area contributed by atoms with Crippen LogP contribution in [0, 0.1) is 13.8 Å². The SMILES string of the molecule is Cc1ccc([C@H](CCO)NC(=O)c2cnc(-c3cccc(C)c3)[nH]c2=O)cc1. The maximum atomic E-state index is 12.6. The molecule has 0 aliphatic rings. The van der Waals surface area contributed by atoms with Gasteiger partial charge in [-0.1, -0.05) is 53.6 Å². The molecule has 0 aliphatic carbocycles. The molecule has 28 heavy (non-hydrogen) atoms. The average molecular weight is 377 g/mol. The normalized spacial score (nSPS) is 11.8. The lowest BCUT2D eigenvalue weighted by Gasteiger charge is -2.18. The summed E-state index contributed by atoms with van der Waals surface area (Å²) >= 11 is 0. The van der Waals surface area contributed by atoms with Crippen LogP contribution in [-0.2, 0) is 0 Å². The lowest BCUT2D eigenvalue weighted by atomic mass is 10.0. The Morgan fingerprint density at radius 3 is 2.54 bits per heavy atom. The van der Waals surface area contributed by atoms with Crippen molar-refractivity contribution in [2.45, 2.75) is 26.3 Å². The fourth-order valence-electron chi connectivity index (χ4n) is 2.98. The molecule has 3 N–H and O–H groups in total. The predicted molar refractivity (Wildman–Crippen MR) is 108 cm³/mol. The number of hydrogen-bond acceptors (Lipinski definition) is 4. The smallest absolute Gasteiger partial charge is 0.264 e. The van der Waals surface area contributed by atoms with E-state index in [1.165, 1.54) is 6.20 Å². The van der Waals surface area contributed by atoms with Crippen molar-refractivity contribution in [1.29, 1.82) is 0 Å². The second-order valence-electron chi connectivity index (χ2n) is 6.79. The van der Waals surface area contributed by atoms with Gasteiger partial charge in [0.15, 0.2) is 0 Å². The zero-order chi connectivity index (χ0) is 20.1. The Labute approximate surface area is 163 Å². The highest BCUT2D eigenvalue weighted by Gasteiger charge is 2.18. The van der Waals surface area contributed by atoms with Crippen molar-refractivity contribution in [3.8, 4) is 11.4 Å². The summed E-state index contributed by atoms with van der Waals surface area (Å²) < 4.78 is 0. The first-order valence-corrected chi connectivity index (χ1v) is 9.12. The molecule has 6 heteroatoms. The molecule has 0 radical (unpaired) electrons. The summed E-state index contributed by atoms with van der Waals surface area (Å²) in [6, 6.07) is 14.9. The molecule has 0 fully saturated rings. The minimum Gasteiger partial charge on any atom is -0.396 e. The molecule has 2 aromatic carbocycles. The van der Waals surface area contributed by atoms with Gasteiger partial charge in [-0.15, -0.1) is 0 Å². The molecule has 0 unspecified atom stereocenters. The minimum atomic E-state index is -0.524. The zero-order valence-electron chi connectivity index (χ0n) is 15.9. The van der Waals surface area contributed by atoms with Gasteiger partial charge in [0.05, 0.1) is 6.04 Å². The summed E-state index contributed by atoms with van der Waals surface area (Å²) in [6.07, 6.45) is 1.64. The molecule has 6 nitrogen and oxygen atoms in total. The summed E-state index contributed by atoms with van der Waals surface area (Å²) in [6.45, 7) is 3.85. The van der Waals surface area contributed by atoms with Gasteiger partial charge >= 0.3 is 0 Å². The van der Waals surface area contributed by atoms with Crippen molar-refractivity contribution >= 4 is 5.91 Å². The Morgan fingerprint density at radius 1 is 1.14 bits per heavy atom. The third-order valence-corrected chi connectivity index (χ3v) is 4.54. The van der Waals surface area contributed by atoms with E-state index >= 15 is 0 Å². The molecule has 144 valence electrons. The first kappa shape index (κ1) is 19.5. The summed E-state index contributed by atoms with van der Waals surface area (Å²) in [5.41, 5.74) is 3.23. The van der Waals surface area contributed by atoms with E-state index in [2.05, 4.69) is 15.3 Å². The number of aliphatic hydroxyl groups is 1. The average Bonchev–Trinajstić information content (AvgIpc) is 2.68. The summed E-state index contributed by atoms with van der Waals surface area (Å²) in [5, 5.41) is 12.2. The maximum Gasteiger partial charge on any atom is 0.264 e. The predicted octanol–water partition coefficient (Wildman–Crippen LogP) is 2.91. The summed E-state index contributed by atoms with van der Waals surface area (Å²) in [7, 11) is 0. The van der Waals surface area contributed by atoms with Crippen LogP contribution in [0.3, 0.4) is 0 Å². The Bertz CT molecular complexity index is 1030. The molecular weight excluding hydrogens is 354 g/mol. The first-order valence-electron chi connectivity index (χ1n) is 9.12. The molecule has 1 amide bonds. The quantitative estimate of drug-likeness (QED) is 0.615. The van der Waals surface area contributed by atoms with E-state index in [0.717, 1.165) is 22.3 Å². The van der Waals surface area contributed by atoms with E-state index < -0.39 is 17.5 Å². The number of carbonyl (C=O) groups excluding carboxylic acids is 1. The lowest BCUT2D eigenvalue weighted by Crippen LogP contribution is -2.33. The standard InChI is InChI=1S/C22H23N3O3/c1-14-6-8-16(9-7-14)19(10-11-26)24-21(27)18-13-23-20(25-22(18)28)17-5-3-4-15(2)12-17/h3-9,12-13,19,26H,10-11H2,1-2H3,(H,24,27)(H,23,25,28)/t19-/m0/s1. The van der Waals surface area contributed by atoms with Crippen molar-refractivity contribution in [1.82, 2.24) is 15.3 Å². The molecule has 3 aromatic rings. The molecule has 3 rings (SSSR count). The highest BCUT2D eigenvalue weighted by atomic mass is 16.3. The number of hydrogen-bond donors (Lipinski definition) is 3. The van der Waals surface area contributed by atoms with Crippen LogP contribution in [-0.4, -0.2) is 27.6 Å². The number of nitrogens with zero attached hydrogens (tertiary/aromatic N) is 1. The number of aliphatic hydroxyl groups excluding tert-OH is 1. The number of rotatable bonds is 6. The Morgan fingerprint density at radius 2 is 1.89 bits per heavy atom. The zero-order valence-corrected chi connectivity index (χ0v) is 15.9. The number of aryl methyl sites for hydroxylation is 2. The van der Waals surface area contributed by atoms with Gasteiger partial charge in [0.1, 0.15) is 11.4 Å². The molecule has 1 heterocycles. The first-order chi connectivity index (χ1) is 13.5. The number of amides is 1. The van der Waals surface area contributed by atoms with Gasteiger partial charge < -0.3 is 15.4 Å².